The molecule has 2 saturated carbocycles. The van der Waals surface area contributed by atoms with Gasteiger partial charge in [0.2, 0.25) is 0 Å². The predicted octanol–water partition coefficient (Wildman–Crippen LogP) is 3.48. The van der Waals surface area contributed by atoms with Crippen LogP contribution in [0.2, 0.25) is 0 Å². The van der Waals surface area contributed by atoms with Crippen LogP contribution in [-0.4, -0.2) is 18.9 Å². The number of benzene rings is 1. The molecule has 0 radical (unpaired) electrons. The minimum Gasteiger partial charge on any atom is -0.426 e. The molecule has 1 aromatic carbocycles. The first-order chi connectivity index (χ1) is 10.3. The average molecular weight is 548 g/mol. The van der Waals surface area contributed by atoms with Crippen molar-refractivity contribution in [2.75, 3.05) is 0 Å². The summed E-state index contributed by atoms with van der Waals surface area (Å²) >= 11 is 3.63. The van der Waals surface area contributed by atoms with E-state index in [0.29, 0.717) is 24.7 Å². The van der Waals surface area contributed by atoms with E-state index in [4.69, 9.17) is 4.74 Å². The van der Waals surface area contributed by atoms with Gasteiger partial charge in [0.05, 0.1) is 5.92 Å². The standard InChI is InChI=1S/C14H14I2O5S/c15-11-5-9(6-12(16)13(11)22(18,19)20)21-14(17)10-4-7-1-2-8(10)3-7/h5-8,10H,1-4H2,(H,18,19,20). The highest BCUT2D eigenvalue weighted by molar-refractivity contribution is 14.1. The van der Waals surface area contributed by atoms with Gasteiger partial charge in [-0.05, 0) is 88.4 Å². The normalized spacial score (nSPS) is 27.1. The van der Waals surface area contributed by atoms with E-state index in [1.165, 1.54) is 18.6 Å². The van der Waals surface area contributed by atoms with Crippen LogP contribution in [0.1, 0.15) is 25.7 Å². The Kier molecular flexibility index (Phi) is 4.74. The largest absolute Gasteiger partial charge is 0.426 e. The molecule has 2 fully saturated rings. The zero-order chi connectivity index (χ0) is 16.1. The molecule has 2 aliphatic carbocycles. The summed E-state index contributed by atoms with van der Waals surface area (Å²) in [5, 5.41) is 0. The van der Waals surface area contributed by atoms with Gasteiger partial charge in [0.15, 0.2) is 0 Å². The number of hydrogen-bond donors (Lipinski definition) is 1. The van der Waals surface area contributed by atoms with Crippen molar-refractivity contribution < 1.29 is 22.5 Å². The van der Waals surface area contributed by atoms with Gasteiger partial charge in [-0.25, -0.2) is 0 Å². The molecule has 120 valence electrons. The van der Waals surface area contributed by atoms with E-state index in [0.717, 1.165) is 19.3 Å². The fraction of sp³-hybridized carbons (Fsp3) is 0.500. The lowest BCUT2D eigenvalue weighted by molar-refractivity contribution is -0.140. The number of fused-ring (bicyclic) bond motifs is 2. The highest BCUT2D eigenvalue weighted by atomic mass is 127. The lowest BCUT2D eigenvalue weighted by atomic mass is 9.89. The second kappa shape index (κ2) is 6.17. The second-order valence-corrected chi connectivity index (χ2v) is 9.58. The van der Waals surface area contributed by atoms with Gasteiger partial charge in [-0.2, -0.15) is 8.42 Å². The Bertz CT molecular complexity index is 708. The number of rotatable bonds is 3. The van der Waals surface area contributed by atoms with Crippen molar-refractivity contribution in [3.8, 4) is 5.75 Å². The average Bonchev–Trinajstić information content (AvgIpc) is 2.97. The molecule has 3 atom stereocenters. The maximum Gasteiger partial charge on any atom is 0.314 e. The van der Waals surface area contributed by atoms with Gasteiger partial charge < -0.3 is 4.74 Å². The number of esters is 1. The summed E-state index contributed by atoms with van der Waals surface area (Å²) in [6, 6.07) is 2.94. The van der Waals surface area contributed by atoms with E-state index in [-0.39, 0.29) is 16.8 Å². The third kappa shape index (κ3) is 3.29. The molecule has 0 aromatic heterocycles. The molecule has 0 saturated heterocycles. The van der Waals surface area contributed by atoms with E-state index in [9.17, 15) is 17.8 Å². The van der Waals surface area contributed by atoms with E-state index < -0.39 is 10.1 Å². The molecule has 3 unspecified atom stereocenters. The van der Waals surface area contributed by atoms with Crippen molar-refractivity contribution in [2.45, 2.75) is 30.6 Å². The van der Waals surface area contributed by atoms with E-state index in [1.54, 1.807) is 0 Å². The van der Waals surface area contributed by atoms with Gasteiger partial charge in [-0.1, -0.05) is 6.42 Å². The van der Waals surface area contributed by atoms with Crippen molar-refractivity contribution in [3.05, 3.63) is 19.3 Å². The Morgan fingerprint density at radius 1 is 1.18 bits per heavy atom. The zero-order valence-corrected chi connectivity index (χ0v) is 16.6. The zero-order valence-electron chi connectivity index (χ0n) is 11.5. The maximum atomic E-state index is 12.3. The maximum absolute atomic E-state index is 12.3. The topological polar surface area (TPSA) is 80.7 Å². The van der Waals surface area contributed by atoms with E-state index >= 15 is 0 Å². The molecule has 2 bridgehead atoms. The van der Waals surface area contributed by atoms with E-state index in [2.05, 4.69) is 0 Å². The van der Waals surface area contributed by atoms with Crippen LogP contribution in [0.15, 0.2) is 17.0 Å². The van der Waals surface area contributed by atoms with Crippen molar-refractivity contribution >= 4 is 61.3 Å². The molecule has 22 heavy (non-hydrogen) atoms. The van der Waals surface area contributed by atoms with Crippen LogP contribution in [0.25, 0.3) is 0 Å². The Balaban J connectivity index is 1.80. The third-order valence-corrected chi connectivity index (χ3v) is 7.88. The summed E-state index contributed by atoms with van der Waals surface area (Å²) in [5.74, 6) is 1.17. The Morgan fingerprint density at radius 3 is 2.27 bits per heavy atom. The van der Waals surface area contributed by atoms with Crippen LogP contribution in [0, 0.1) is 24.9 Å². The molecule has 1 aromatic rings. The minimum absolute atomic E-state index is 0.0321. The van der Waals surface area contributed by atoms with Gasteiger partial charge in [0.25, 0.3) is 10.1 Å². The van der Waals surface area contributed by atoms with Gasteiger partial charge in [0, 0.05) is 7.14 Å². The van der Waals surface area contributed by atoms with Crippen molar-refractivity contribution in [1.82, 2.24) is 0 Å². The molecule has 2 aliphatic rings. The van der Waals surface area contributed by atoms with Crippen molar-refractivity contribution in [3.63, 3.8) is 0 Å². The molecule has 0 heterocycles. The monoisotopic (exact) mass is 548 g/mol. The Hall–Kier alpha value is 0.0600. The Morgan fingerprint density at radius 2 is 1.82 bits per heavy atom. The van der Waals surface area contributed by atoms with Crippen LogP contribution in [0.4, 0.5) is 0 Å². The van der Waals surface area contributed by atoms with Crippen LogP contribution >= 0.6 is 45.2 Å². The number of carbonyl (C=O) groups is 1. The van der Waals surface area contributed by atoms with Crippen LogP contribution in [0.3, 0.4) is 0 Å². The molecular weight excluding hydrogens is 534 g/mol. The summed E-state index contributed by atoms with van der Waals surface area (Å²) in [6.45, 7) is 0. The molecule has 5 nitrogen and oxygen atoms in total. The number of halogens is 2. The van der Waals surface area contributed by atoms with Crippen LogP contribution in [0.5, 0.6) is 5.75 Å². The number of hydrogen-bond acceptors (Lipinski definition) is 4. The molecule has 1 N–H and O–H groups in total. The van der Waals surface area contributed by atoms with Gasteiger partial charge in [-0.3, -0.25) is 9.35 Å². The molecule has 3 rings (SSSR count). The predicted molar refractivity (Wildman–Crippen MR) is 96.3 cm³/mol. The molecule has 8 heteroatoms. The van der Waals surface area contributed by atoms with Crippen LogP contribution < -0.4 is 4.74 Å². The van der Waals surface area contributed by atoms with Gasteiger partial charge in [0.1, 0.15) is 10.6 Å². The number of ether oxygens (including phenoxy) is 1. The summed E-state index contributed by atoms with van der Waals surface area (Å²) in [5.41, 5.74) is 0. The van der Waals surface area contributed by atoms with Gasteiger partial charge in [-0.15, -0.1) is 0 Å². The van der Waals surface area contributed by atoms with Gasteiger partial charge >= 0.3 is 5.97 Å². The lowest BCUT2D eigenvalue weighted by Gasteiger charge is -2.20. The van der Waals surface area contributed by atoms with Crippen molar-refractivity contribution in [2.24, 2.45) is 17.8 Å². The van der Waals surface area contributed by atoms with Crippen LogP contribution in [-0.2, 0) is 14.9 Å². The third-order valence-electron chi connectivity index (χ3n) is 4.49. The molecular formula is C14H14I2O5S. The molecule has 0 spiro atoms. The van der Waals surface area contributed by atoms with Crippen molar-refractivity contribution in [1.29, 1.82) is 0 Å². The highest BCUT2D eigenvalue weighted by Gasteiger charge is 2.44. The molecule has 0 aliphatic heterocycles. The smallest absolute Gasteiger partial charge is 0.314 e. The molecule has 0 amide bonds. The summed E-state index contributed by atoms with van der Waals surface area (Å²) in [6.07, 6.45) is 4.34. The highest BCUT2D eigenvalue weighted by Crippen LogP contribution is 2.48. The Labute approximate surface area is 156 Å². The summed E-state index contributed by atoms with van der Waals surface area (Å²) < 4.78 is 38.0. The summed E-state index contributed by atoms with van der Waals surface area (Å²) in [7, 11) is -4.29. The SMILES string of the molecule is O=C(Oc1cc(I)c(S(=O)(=O)O)c(I)c1)C1CC2CCC1C2. The first kappa shape index (κ1) is 16.9. The van der Waals surface area contributed by atoms with E-state index in [1.807, 2.05) is 45.2 Å². The lowest BCUT2D eigenvalue weighted by Crippen LogP contribution is -2.25. The fourth-order valence-electron chi connectivity index (χ4n) is 3.57. The first-order valence-electron chi connectivity index (χ1n) is 6.94. The minimum atomic E-state index is -4.29. The summed E-state index contributed by atoms with van der Waals surface area (Å²) in [4.78, 5) is 12.2. The quantitative estimate of drug-likeness (QED) is 0.271. The number of carbonyl (C=O) groups excluding carboxylic acids is 1. The fourth-order valence-corrected chi connectivity index (χ4v) is 7.56. The second-order valence-electron chi connectivity index (χ2n) is 5.89. The first-order valence-corrected chi connectivity index (χ1v) is 10.5.